The number of Topliss-reactive ketones (excluding diaryl/α,β-unsaturated/α-hetero) is 1. The summed E-state index contributed by atoms with van der Waals surface area (Å²) < 4.78 is 44.8. The van der Waals surface area contributed by atoms with Crippen LogP contribution < -0.4 is 4.74 Å². The van der Waals surface area contributed by atoms with Gasteiger partial charge in [-0.15, -0.1) is 0 Å². The first kappa shape index (κ1) is 30.4. The third kappa shape index (κ3) is 7.88. The van der Waals surface area contributed by atoms with Gasteiger partial charge < -0.3 is 4.74 Å². The average Bonchev–Trinajstić information content (AvgIpc) is 3.03. The summed E-state index contributed by atoms with van der Waals surface area (Å²) in [4.78, 5) is 17.9. The summed E-state index contributed by atoms with van der Waals surface area (Å²) in [5.74, 6) is 1.47. The standard InChI is InChI=1S/C37H39F3N2O2/c38-37(39,40)33-11-6-29(7-12-33)26-42-20-16-34(17-21-42)44-35-13-10-30-23-32(9-8-31(30)24-35)36(43)22-27-14-18-41(19-15-27)25-28-4-2-1-3-5-28/h1-13,23-24,27,34H,14-22,25-26H2. The van der Waals surface area contributed by atoms with Gasteiger partial charge in [0.2, 0.25) is 0 Å². The molecule has 0 unspecified atom stereocenters. The van der Waals surface area contributed by atoms with Crippen molar-refractivity contribution in [2.24, 2.45) is 5.92 Å². The molecule has 0 saturated carbocycles. The lowest BCUT2D eigenvalue weighted by Gasteiger charge is -2.32. The lowest BCUT2D eigenvalue weighted by atomic mass is 9.89. The Labute approximate surface area is 257 Å². The van der Waals surface area contributed by atoms with Gasteiger partial charge in [0.25, 0.3) is 0 Å². The SMILES string of the molecule is O=C(CC1CCN(Cc2ccccc2)CC1)c1ccc2cc(OC3CCN(Cc4ccc(C(F)(F)F)cc4)CC3)ccc2c1. The topological polar surface area (TPSA) is 32.8 Å². The van der Waals surface area contributed by atoms with Gasteiger partial charge in [0.15, 0.2) is 5.78 Å². The Morgan fingerprint density at radius 3 is 1.95 bits per heavy atom. The second-order valence-electron chi connectivity index (χ2n) is 12.3. The normalized spacial score (nSPS) is 17.6. The number of carbonyl (C=O) groups excluding carboxylic acids is 1. The van der Waals surface area contributed by atoms with Crippen LogP contribution in [0.5, 0.6) is 5.75 Å². The number of benzene rings is 4. The van der Waals surface area contributed by atoms with Crippen molar-refractivity contribution in [2.45, 2.75) is 57.5 Å². The maximum atomic E-state index is 13.2. The molecule has 0 bridgehead atoms. The molecule has 4 aromatic rings. The zero-order chi connectivity index (χ0) is 30.5. The quantitative estimate of drug-likeness (QED) is 0.181. The fourth-order valence-electron chi connectivity index (χ4n) is 6.48. The van der Waals surface area contributed by atoms with Gasteiger partial charge in [-0.3, -0.25) is 14.6 Å². The Morgan fingerprint density at radius 1 is 0.705 bits per heavy atom. The van der Waals surface area contributed by atoms with E-state index < -0.39 is 11.7 Å². The van der Waals surface area contributed by atoms with E-state index in [-0.39, 0.29) is 11.9 Å². The first-order chi connectivity index (χ1) is 21.3. The van der Waals surface area contributed by atoms with Gasteiger partial charge in [-0.2, -0.15) is 13.2 Å². The molecule has 0 amide bonds. The number of fused-ring (bicyclic) bond motifs is 1. The number of carbonyl (C=O) groups is 1. The maximum Gasteiger partial charge on any atom is 0.416 e. The van der Waals surface area contributed by atoms with E-state index >= 15 is 0 Å². The molecule has 2 fully saturated rings. The molecule has 7 heteroatoms. The highest BCUT2D eigenvalue weighted by Crippen LogP contribution is 2.30. The minimum Gasteiger partial charge on any atom is -0.490 e. The summed E-state index contributed by atoms with van der Waals surface area (Å²) in [5, 5.41) is 2.08. The number of hydrogen-bond donors (Lipinski definition) is 0. The van der Waals surface area contributed by atoms with Crippen LogP contribution in [-0.2, 0) is 19.3 Å². The molecule has 2 aliphatic heterocycles. The summed E-state index contributed by atoms with van der Waals surface area (Å²) in [6, 6.07) is 28.0. The van der Waals surface area contributed by atoms with Crippen LogP contribution in [0.25, 0.3) is 10.8 Å². The average molecular weight is 601 g/mol. The number of alkyl halides is 3. The molecule has 230 valence electrons. The van der Waals surface area contributed by atoms with Crippen LogP contribution in [0.3, 0.4) is 0 Å². The zero-order valence-electron chi connectivity index (χ0n) is 24.9. The number of halogens is 3. The molecule has 6 rings (SSSR count). The largest absolute Gasteiger partial charge is 0.490 e. The van der Waals surface area contributed by atoms with Gasteiger partial charge in [0, 0.05) is 38.2 Å². The summed E-state index contributed by atoms with van der Waals surface area (Å²) in [7, 11) is 0. The second kappa shape index (κ2) is 13.5. The molecule has 0 aliphatic carbocycles. The van der Waals surface area contributed by atoms with E-state index in [4.69, 9.17) is 4.74 Å². The summed E-state index contributed by atoms with van der Waals surface area (Å²) >= 11 is 0. The van der Waals surface area contributed by atoms with Crippen molar-refractivity contribution in [2.75, 3.05) is 26.2 Å². The number of hydrogen-bond acceptors (Lipinski definition) is 4. The molecular weight excluding hydrogens is 561 g/mol. The predicted molar refractivity (Wildman–Crippen MR) is 168 cm³/mol. The molecular formula is C37H39F3N2O2. The lowest BCUT2D eigenvalue weighted by Crippen LogP contribution is -2.37. The number of likely N-dealkylation sites (tertiary alicyclic amines) is 2. The number of piperidine rings is 2. The maximum absolute atomic E-state index is 13.2. The Bertz CT molecular complexity index is 1540. The predicted octanol–water partition coefficient (Wildman–Crippen LogP) is 8.39. The summed E-state index contributed by atoms with van der Waals surface area (Å²) in [6.07, 6.45) is 0.216. The molecule has 2 heterocycles. The smallest absolute Gasteiger partial charge is 0.416 e. The first-order valence-electron chi connectivity index (χ1n) is 15.7. The molecule has 0 radical (unpaired) electrons. The van der Waals surface area contributed by atoms with Crippen LogP contribution in [0, 0.1) is 5.92 Å². The van der Waals surface area contributed by atoms with Crippen LogP contribution in [0.15, 0.2) is 91.0 Å². The molecule has 0 aromatic heterocycles. The third-order valence-corrected chi connectivity index (χ3v) is 9.09. The highest BCUT2D eigenvalue weighted by Gasteiger charge is 2.30. The number of rotatable bonds is 9. The fourth-order valence-corrected chi connectivity index (χ4v) is 6.48. The first-order valence-corrected chi connectivity index (χ1v) is 15.7. The van der Waals surface area contributed by atoms with Crippen LogP contribution in [0.4, 0.5) is 13.2 Å². The molecule has 0 atom stereocenters. The third-order valence-electron chi connectivity index (χ3n) is 9.09. The van der Waals surface area contributed by atoms with Crippen LogP contribution in [-0.4, -0.2) is 47.9 Å². The number of ether oxygens (including phenoxy) is 1. The second-order valence-corrected chi connectivity index (χ2v) is 12.3. The summed E-state index contributed by atoms with van der Waals surface area (Å²) in [5.41, 5.74) is 2.39. The van der Waals surface area contributed by atoms with E-state index in [9.17, 15) is 18.0 Å². The van der Waals surface area contributed by atoms with E-state index in [1.807, 2.05) is 42.5 Å². The highest BCUT2D eigenvalue weighted by molar-refractivity contribution is 6.00. The summed E-state index contributed by atoms with van der Waals surface area (Å²) in [6.45, 7) is 5.34. The van der Waals surface area contributed by atoms with Crippen molar-refractivity contribution in [1.29, 1.82) is 0 Å². The molecule has 0 N–H and O–H groups in total. The Morgan fingerprint density at radius 2 is 1.30 bits per heavy atom. The zero-order valence-corrected chi connectivity index (χ0v) is 24.9. The Kier molecular flexibility index (Phi) is 9.33. The number of nitrogens with zero attached hydrogens (tertiary/aromatic N) is 2. The monoisotopic (exact) mass is 600 g/mol. The minimum absolute atomic E-state index is 0.0938. The van der Waals surface area contributed by atoms with E-state index in [1.54, 1.807) is 12.1 Å². The Balaban J connectivity index is 0.964. The van der Waals surface area contributed by atoms with Gasteiger partial charge in [0.05, 0.1) is 5.56 Å². The van der Waals surface area contributed by atoms with Crippen molar-refractivity contribution < 1.29 is 22.7 Å². The van der Waals surface area contributed by atoms with Crippen molar-refractivity contribution >= 4 is 16.6 Å². The van der Waals surface area contributed by atoms with E-state index in [0.717, 1.165) is 98.2 Å². The van der Waals surface area contributed by atoms with E-state index in [0.29, 0.717) is 18.9 Å². The van der Waals surface area contributed by atoms with E-state index in [2.05, 4.69) is 34.1 Å². The van der Waals surface area contributed by atoms with Crippen LogP contribution >= 0.6 is 0 Å². The van der Waals surface area contributed by atoms with Gasteiger partial charge in [0.1, 0.15) is 11.9 Å². The van der Waals surface area contributed by atoms with Crippen molar-refractivity contribution in [3.63, 3.8) is 0 Å². The minimum atomic E-state index is -4.31. The highest BCUT2D eigenvalue weighted by atomic mass is 19.4. The van der Waals surface area contributed by atoms with Gasteiger partial charge in [-0.1, -0.05) is 60.7 Å². The molecule has 0 spiro atoms. The van der Waals surface area contributed by atoms with E-state index in [1.165, 1.54) is 5.56 Å². The molecule has 2 aliphatic rings. The molecule has 2 saturated heterocycles. The lowest BCUT2D eigenvalue weighted by molar-refractivity contribution is -0.137. The van der Waals surface area contributed by atoms with Crippen LogP contribution in [0.1, 0.15) is 59.2 Å². The van der Waals surface area contributed by atoms with Gasteiger partial charge in [-0.25, -0.2) is 0 Å². The van der Waals surface area contributed by atoms with Crippen molar-refractivity contribution in [1.82, 2.24) is 9.80 Å². The molecule has 4 nitrogen and oxygen atoms in total. The fraction of sp³-hybridized carbons (Fsp3) is 0.378. The van der Waals surface area contributed by atoms with Crippen molar-refractivity contribution in [3.8, 4) is 5.75 Å². The van der Waals surface area contributed by atoms with Gasteiger partial charge >= 0.3 is 6.18 Å². The molecule has 4 aromatic carbocycles. The molecule has 44 heavy (non-hydrogen) atoms. The van der Waals surface area contributed by atoms with Crippen molar-refractivity contribution in [3.05, 3.63) is 113 Å². The Hall–Kier alpha value is -3.68. The van der Waals surface area contributed by atoms with Crippen LogP contribution in [0.2, 0.25) is 0 Å². The number of ketones is 1. The van der Waals surface area contributed by atoms with Gasteiger partial charge in [-0.05, 0) is 96.9 Å².